The van der Waals surface area contributed by atoms with Crippen molar-refractivity contribution in [2.24, 2.45) is 0 Å². The van der Waals surface area contributed by atoms with Crippen LogP contribution in [0, 0.1) is 5.82 Å². The van der Waals surface area contributed by atoms with Gasteiger partial charge < -0.3 is 9.64 Å². The summed E-state index contributed by atoms with van der Waals surface area (Å²) in [7, 11) is 2.72. The minimum atomic E-state index is -3.86. The lowest BCUT2D eigenvalue weighted by atomic mass is 10.2. The standard InChI is InChI=1S/C11H11ClFNO4S/c1-18-9-4-2-3-8(13)11(9)14-6-7(5-10(14)15)19(12,16)17/h2-4,7H,5-6H2,1H3. The molecule has 0 spiro atoms. The van der Waals surface area contributed by atoms with Crippen molar-refractivity contribution in [1.29, 1.82) is 0 Å². The number of nitrogens with zero attached hydrogens (tertiary/aromatic N) is 1. The molecule has 1 saturated heterocycles. The molecule has 0 radical (unpaired) electrons. The molecule has 1 aliphatic heterocycles. The van der Waals surface area contributed by atoms with E-state index in [9.17, 15) is 17.6 Å². The molecule has 104 valence electrons. The van der Waals surface area contributed by atoms with Crippen molar-refractivity contribution in [2.45, 2.75) is 11.7 Å². The molecule has 1 amide bonds. The maximum Gasteiger partial charge on any atom is 0.237 e. The highest BCUT2D eigenvalue weighted by atomic mass is 35.7. The van der Waals surface area contributed by atoms with Crippen molar-refractivity contribution in [3.63, 3.8) is 0 Å². The zero-order valence-corrected chi connectivity index (χ0v) is 11.5. The molecule has 1 unspecified atom stereocenters. The zero-order chi connectivity index (χ0) is 14.2. The fourth-order valence-electron chi connectivity index (χ4n) is 2.00. The molecule has 1 aromatic rings. The van der Waals surface area contributed by atoms with E-state index in [0.29, 0.717) is 0 Å². The monoisotopic (exact) mass is 307 g/mol. The summed E-state index contributed by atoms with van der Waals surface area (Å²) in [6, 6.07) is 4.11. The van der Waals surface area contributed by atoms with Crippen LogP contribution in [0.15, 0.2) is 18.2 Å². The van der Waals surface area contributed by atoms with Crippen LogP contribution < -0.4 is 9.64 Å². The molecule has 19 heavy (non-hydrogen) atoms. The van der Waals surface area contributed by atoms with Crippen LogP contribution in [0.2, 0.25) is 0 Å². The topological polar surface area (TPSA) is 63.7 Å². The first-order valence-electron chi connectivity index (χ1n) is 5.41. The summed E-state index contributed by atoms with van der Waals surface area (Å²) in [6.07, 6.45) is -0.261. The van der Waals surface area contributed by atoms with E-state index in [4.69, 9.17) is 15.4 Å². The number of halogens is 2. The first-order chi connectivity index (χ1) is 8.84. The van der Waals surface area contributed by atoms with Crippen molar-refractivity contribution in [1.82, 2.24) is 0 Å². The smallest absolute Gasteiger partial charge is 0.237 e. The number of benzene rings is 1. The number of rotatable bonds is 3. The van der Waals surface area contributed by atoms with Crippen LogP contribution in [-0.2, 0) is 13.8 Å². The number of amides is 1. The van der Waals surface area contributed by atoms with Crippen LogP contribution in [0.3, 0.4) is 0 Å². The van der Waals surface area contributed by atoms with Crippen LogP contribution in [0.1, 0.15) is 6.42 Å². The van der Waals surface area contributed by atoms with Gasteiger partial charge in [0.1, 0.15) is 16.7 Å². The summed E-state index contributed by atoms with van der Waals surface area (Å²) >= 11 is 0. The van der Waals surface area contributed by atoms with Gasteiger partial charge in [-0.3, -0.25) is 4.79 Å². The summed E-state index contributed by atoms with van der Waals surface area (Å²) in [5.74, 6) is -0.987. The van der Waals surface area contributed by atoms with Crippen LogP contribution in [0.25, 0.3) is 0 Å². The summed E-state index contributed by atoms with van der Waals surface area (Å²) in [5, 5.41) is -1.04. The lowest BCUT2D eigenvalue weighted by Gasteiger charge is -2.19. The Hall–Kier alpha value is -1.34. The molecule has 1 aromatic carbocycles. The van der Waals surface area contributed by atoms with Gasteiger partial charge in [-0.25, -0.2) is 12.8 Å². The van der Waals surface area contributed by atoms with E-state index in [-0.39, 0.29) is 24.4 Å². The minimum absolute atomic E-state index is 0.0576. The first kappa shape index (κ1) is 14.1. The maximum absolute atomic E-state index is 13.8. The fourth-order valence-corrected chi connectivity index (χ4v) is 3.03. The van der Waals surface area contributed by atoms with Gasteiger partial charge in [-0.1, -0.05) is 6.07 Å². The van der Waals surface area contributed by atoms with E-state index >= 15 is 0 Å². The molecule has 1 aliphatic rings. The highest BCUT2D eigenvalue weighted by molar-refractivity contribution is 8.14. The quantitative estimate of drug-likeness (QED) is 0.794. The zero-order valence-electron chi connectivity index (χ0n) is 9.97. The second kappa shape index (κ2) is 4.97. The molecule has 1 fully saturated rings. The van der Waals surface area contributed by atoms with Crippen LogP contribution in [-0.4, -0.2) is 33.2 Å². The maximum atomic E-state index is 13.8. The van der Waals surface area contributed by atoms with E-state index in [1.807, 2.05) is 0 Å². The Morgan fingerprint density at radius 3 is 2.68 bits per heavy atom. The van der Waals surface area contributed by atoms with E-state index in [1.54, 1.807) is 0 Å². The van der Waals surface area contributed by atoms with Crippen LogP contribution in [0.5, 0.6) is 5.75 Å². The molecular weight excluding hydrogens is 297 g/mol. The highest BCUT2D eigenvalue weighted by Gasteiger charge is 2.39. The third-order valence-electron chi connectivity index (χ3n) is 2.93. The number of ether oxygens (including phenoxy) is 1. The Balaban J connectivity index is 2.41. The van der Waals surface area contributed by atoms with Crippen LogP contribution in [0.4, 0.5) is 10.1 Å². The van der Waals surface area contributed by atoms with Crippen molar-refractivity contribution in [3.05, 3.63) is 24.0 Å². The highest BCUT2D eigenvalue weighted by Crippen LogP contribution is 2.35. The predicted molar refractivity (Wildman–Crippen MR) is 68.5 cm³/mol. The molecule has 8 heteroatoms. The molecule has 0 aliphatic carbocycles. The summed E-state index contributed by atoms with van der Waals surface area (Å²) < 4.78 is 41.3. The van der Waals surface area contributed by atoms with Crippen molar-refractivity contribution in [2.75, 3.05) is 18.6 Å². The first-order valence-corrected chi connectivity index (χ1v) is 7.78. The Bertz CT molecular complexity index is 619. The predicted octanol–water partition coefficient (Wildman–Crippen LogP) is 1.51. The van der Waals surface area contributed by atoms with Gasteiger partial charge >= 0.3 is 0 Å². The third kappa shape index (κ3) is 2.66. The molecular formula is C11H11ClFNO4S. The van der Waals surface area contributed by atoms with Gasteiger partial charge in [0.2, 0.25) is 15.0 Å². The summed E-state index contributed by atoms with van der Waals surface area (Å²) in [5.41, 5.74) is -0.0576. The molecule has 0 bridgehead atoms. The Morgan fingerprint density at radius 1 is 1.47 bits per heavy atom. The molecule has 1 atom stereocenters. The molecule has 5 nitrogen and oxygen atoms in total. The molecule has 1 heterocycles. The number of carbonyl (C=O) groups is 1. The van der Waals surface area contributed by atoms with E-state index in [2.05, 4.69) is 0 Å². The number of para-hydroxylation sites is 1. The number of anilines is 1. The van der Waals surface area contributed by atoms with Gasteiger partial charge in [-0.15, -0.1) is 0 Å². The third-order valence-corrected chi connectivity index (χ3v) is 4.80. The second-order valence-electron chi connectivity index (χ2n) is 4.10. The number of hydrogen-bond donors (Lipinski definition) is 0. The lowest BCUT2D eigenvalue weighted by molar-refractivity contribution is -0.117. The van der Waals surface area contributed by atoms with Gasteiger partial charge in [0.25, 0.3) is 0 Å². The molecule has 0 aromatic heterocycles. The Morgan fingerprint density at radius 2 is 2.16 bits per heavy atom. The number of carbonyl (C=O) groups excluding carboxylic acids is 1. The Kier molecular flexibility index (Phi) is 3.69. The van der Waals surface area contributed by atoms with Gasteiger partial charge in [0, 0.05) is 23.6 Å². The molecule has 0 saturated carbocycles. The normalized spacial score (nSPS) is 19.8. The minimum Gasteiger partial charge on any atom is -0.494 e. The number of hydrogen-bond acceptors (Lipinski definition) is 4. The summed E-state index contributed by atoms with van der Waals surface area (Å²) in [4.78, 5) is 12.9. The van der Waals surface area contributed by atoms with E-state index in [1.165, 1.54) is 25.3 Å². The van der Waals surface area contributed by atoms with Gasteiger partial charge in [-0.05, 0) is 12.1 Å². The largest absolute Gasteiger partial charge is 0.494 e. The molecule has 2 rings (SSSR count). The van der Waals surface area contributed by atoms with Crippen LogP contribution >= 0.6 is 10.7 Å². The van der Waals surface area contributed by atoms with E-state index in [0.717, 1.165) is 4.90 Å². The average Bonchev–Trinajstić information content (AvgIpc) is 2.70. The second-order valence-corrected chi connectivity index (χ2v) is 7.00. The summed E-state index contributed by atoms with van der Waals surface area (Å²) in [6.45, 7) is -0.179. The Labute approximate surface area is 114 Å². The van der Waals surface area contributed by atoms with Crippen molar-refractivity contribution >= 4 is 31.3 Å². The SMILES string of the molecule is COc1cccc(F)c1N1CC(S(=O)(=O)Cl)CC1=O. The lowest BCUT2D eigenvalue weighted by Crippen LogP contribution is -2.28. The molecule has 0 N–H and O–H groups in total. The van der Waals surface area contributed by atoms with Gasteiger partial charge in [0.15, 0.2) is 5.82 Å². The van der Waals surface area contributed by atoms with Gasteiger partial charge in [-0.2, -0.15) is 0 Å². The fraction of sp³-hybridized carbons (Fsp3) is 0.364. The van der Waals surface area contributed by atoms with Crippen molar-refractivity contribution < 1.29 is 22.3 Å². The van der Waals surface area contributed by atoms with Gasteiger partial charge in [0.05, 0.1) is 7.11 Å². The average molecular weight is 308 g/mol. The van der Waals surface area contributed by atoms with E-state index < -0.39 is 26.0 Å². The van der Waals surface area contributed by atoms with Crippen molar-refractivity contribution in [3.8, 4) is 5.75 Å². The number of methoxy groups -OCH3 is 1.